The number of alkyl halides is 2. The minimum atomic E-state index is -2.49. The lowest BCUT2D eigenvalue weighted by molar-refractivity contribution is -0.114. The van der Waals surface area contributed by atoms with Crippen molar-refractivity contribution in [1.29, 1.82) is 0 Å². The Bertz CT molecular complexity index is 281. The van der Waals surface area contributed by atoms with Crippen molar-refractivity contribution in [3.8, 4) is 0 Å². The van der Waals surface area contributed by atoms with Crippen LogP contribution in [0.25, 0.3) is 0 Å². The third kappa shape index (κ3) is 1.86. The average molecular weight is 200 g/mol. The van der Waals surface area contributed by atoms with Crippen molar-refractivity contribution in [2.45, 2.75) is 44.4 Å². The number of ketones is 1. The summed E-state index contributed by atoms with van der Waals surface area (Å²) in [5, 5.41) is 0. The van der Waals surface area contributed by atoms with Crippen molar-refractivity contribution in [3.05, 3.63) is 11.6 Å². The van der Waals surface area contributed by atoms with Crippen LogP contribution in [0.1, 0.15) is 38.5 Å². The lowest BCUT2D eigenvalue weighted by Crippen LogP contribution is -2.21. The molecule has 0 bridgehead atoms. The third-order valence-corrected chi connectivity index (χ3v) is 3.23. The molecule has 0 radical (unpaired) electrons. The Morgan fingerprint density at radius 3 is 2.71 bits per heavy atom. The van der Waals surface area contributed by atoms with E-state index in [1.165, 1.54) is 0 Å². The minimum Gasteiger partial charge on any atom is -0.295 e. The van der Waals surface area contributed by atoms with Gasteiger partial charge in [0.2, 0.25) is 0 Å². The smallest absolute Gasteiger partial charge is 0.251 e. The molecule has 3 heteroatoms. The number of allylic oxidation sites excluding steroid dienone is 2. The van der Waals surface area contributed by atoms with Crippen LogP contribution in [0.3, 0.4) is 0 Å². The van der Waals surface area contributed by atoms with E-state index >= 15 is 0 Å². The average Bonchev–Trinajstić information content (AvgIpc) is 2.61. The molecule has 1 nitrogen and oxygen atoms in total. The van der Waals surface area contributed by atoms with Gasteiger partial charge >= 0.3 is 0 Å². The predicted molar refractivity (Wildman–Crippen MR) is 49.2 cm³/mol. The fourth-order valence-electron chi connectivity index (χ4n) is 2.38. The molecule has 14 heavy (non-hydrogen) atoms. The highest BCUT2D eigenvalue weighted by Crippen LogP contribution is 2.44. The molecule has 0 heterocycles. The highest BCUT2D eigenvalue weighted by Gasteiger charge is 2.43. The van der Waals surface area contributed by atoms with Crippen molar-refractivity contribution in [1.82, 2.24) is 0 Å². The molecule has 0 saturated heterocycles. The van der Waals surface area contributed by atoms with Gasteiger partial charge in [-0.2, -0.15) is 0 Å². The maximum absolute atomic E-state index is 13.2. The normalized spacial score (nSPS) is 30.9. The van der Waals surface area contributed by atoms with E-state index in [0.29, 0.717) is 32.1 Å². The zero-order valence-corrected chi connectivity index (χ0v) is 8.06. The molecule has 0 N–H and O–H groups in total. The summed E-state index contributed by atoms with van der Waals surface area (Å²) in [7, 11) is 0. The quantitative estimate of drug-likeness (QED) is 0.669. The van der Waals surface area contributed by atoms with Gasteiger partial charge in [0, 0.05) is 18.8 Å². The SMILES string of the molecule is O=C1C=C(CC2CCCC2(F)F)CC1. The standard InChI is InChI=1S/C11H14F2O/c12-11(13)5-1-2-9(11)6-8-3-4-10(14)7-8/h7,9H,1-6H2. The summed E-state index contributed by atoms with van der Waals surface area (Å²) in [5.41, 5.74) is 0.932. The van der Waals surface area contributed by atoms with E-state index in [4.69, 9.17) is 0 Å². The van der Waals surface area contributed by atoms with Gasteiger partial charge in [-0.15, -0.1) is 0 Å². The molecule has 0 aromatic rings. The largest absolute Gasteiger partial charge is 0.295 e. The predicted octanol–water partition coefficient (Wildman–Crippen LogP) is 3.10. The summed E-state index contributed by atoms with van der Waals surface area (Å²) in [6, 6.07) is 0. The van der Waals surface area contributed by atoms with Crippen molar-refractivity contribution >= 4 is 5.78 Å². The van der Waals surface area contributed by atoms with Gasteiger partial charge in [0.15, 0.2) is 5.78 Å². The van der Waals surface area contributed by atoms with Crippen molar-refractivity contribution in [2.24, 2.45) is 5.92 Å². The van der Waals surface area contributed by atoms with Crippen LogP contribution in [-0.4, -0.2) is 11.7 Å². The monoisotopic (exact) mass is 200 g/mol. The van der Waals surface area contributed by atoms with Gasteiger partial charge in [-0.25, -0.2) is 8.78 Å². The molecule has 1 unspecified atom stereocenters. The van der Waals surface area contributed by atoms with Gasteiger partial charge in [-0.3, -0.25) is 4.79 Å². The topological polar surface area (TPSA) is 17.1 Å². The van der Waals surface area contributed by atoms with Gasteiger partial charge in [0.05, 0.1) is 0 Å². The molecular formula is C11H14F2O. The van der Waals surface area contributed by atoms with Crippen molar-refractivity contribution < 1.29 is 13.6 Å². The molecule has 2 aliphatic carbocycles. The van der Waals surface area contributed by atoms with Crippen LogP contribution in [0, 0.1) is 5.92 Å². The summed E-state index contributed by atoms with van der Waals surface area (Å²) in [6.45, 7) is 0. The summed E-state index contributed by atoms with van der Waals surface area (Å²) >= 11 is 0. The Morgan fingerprint density at radius 1 is 1.43 bits per heavy atom. The second-order valence-electron chi connectivity index (χ2n) is 4.32. The maximum Gasteiger partial charge on any atom is 0.251 e. The Kier molecular flexibility index (Phi) is 2.41. The molecule has 1 atom stereocenters. The van der Waals surface area contributed by atoms with E-state index in [1.807, 2.05) is 0 Å². The summed E-state index contributed by atoms with van der Waals surface area (Å²) in [5.74, 6) is -2.91. The van der Waals surface area contributed by atoms with E-state index < -0.39 is 11.8 Å². The fourth-order valence-corrected chi connectivity index (χ4v) is 2.38. The van der Waals surface area contributed by atoms with Gasteiger partial charge in [0.1, 0.15) is 0 Å². The van der Waals surface area contributed by atoms with E-state index in [9.17, 15) is 13.6 Å². The number of carbonyl (C=O) groups is 1. The molecule has 0 amide bonds. The second-order valence-corrected chi connectivity index (χ2v) is 4.32. The molecule has 0 spiro atoms. The van der Waals surface area contributed by atoms with Gasteiger partial charge in [-0.1, -0.05) is 5.57 Å². The first kappa shape index (κ1) is 9.81. The Hall–Kier alpha value is -0.730. The van der Waals surface area contributed by atoms with E-state index in [1.54, 1.807) is 6.08 Å². The van der Waals surface area contributed by atoms with Gasteiger partial charge in [-0.05, 0) is 31.8 Å². The lowest BCUT2D eigenvalue weighted by Gasteiger charge is -2.19. The summed E-state index contributed by atoms with van der Waals surface area (Å²) in [6.07, 6.45) is 4.47. The molecule has 0 aromatic carbocycles. The van der Waals surface area contributed by atoms with Crippen LogP contribution in [0.4, 0.5) is 8.78 Å². The van der Waals surface area contributed by atoms with Crippen LogP contribution in [-0.2, 0) is 4.79 Å². The van der Waals surface area contributed by atoms with Gasteiger partial charge in [0.25, 0.3) is 5.92 Å². The number of carbonyl (C=O) groups excluding carboxylic acids is 1. The zero-order valence-electron chi connectivity index (χ0n) is 8.06. The highest BCUT2D eigenvalue weighted by molar-refractivity contribution is 5.92. The molecule has 1 fully saturated rings. The van der Waals surface area contributed by atoms with E-state index in [0.717, 1.165) is 5.57 Å². The van der Waals surface area contributed by atoms with Crippen LogP contribution in [0.5, 0.6) is 0 Å². The third-order valence-electron chi connectivity index (χ3n) is 3.23. The van der Waals surface area contributed by atoms with Gasteiger partial charge < -0.3 is 0 Å². The Morgan fingerprint density at radius 2 is 2.21 bits per heavy atom. The van der Waals surface area contributed by atoms with E-state index in [2.05, 4.69) is 0 Å². The van der Waals surface area contributed by atoms with Crippen LogP contribution in [0.15, 0.2) is 11.6 Å². The van der Waals surface area contributed by atoms with Crippen LogP contribution in [0.2, 0.25) is 0 Å². The van der Waals surface area contributed by atoms with E-state index in [-0.39, 0.29) is 12.2 Å². The summed E-state index contributed by atoms with van der Waals surface area (Å²) in [4.78, 5) is 10.9. The van der Waals surface area contributed by atoms with Crippen molar-refractivity contribution in [2.75, 3.05) is 0 Å². The fraction of sp³-hybridized carbons (Fsp3) is 0.727. The molecule has 2 aliphatic rings. The molecule has 0 aliphatic heterocycles. The number of hydrogen-bond acceptors (Lipinski definition) is 1. The Labute approximate surface area is 82.2 Å². The number of halogens is 2. The second kappa shape index (κ2) is 3.44. The minimum absolute atomic E-state index is 0.0267. The molecule has 0 aromatic heterocycles. The molecule has 2 rings (SSSR count). The summed E-state index contributed by atoms with van der Waals surface area (Å²) < 4.78 is 26.5. The van der Waals surface area contributed by atoms with Crippen molar-refractivity contribution in [3.63, 3.8) is 0 Å². The lowest BCUT2D eigenvalue weighted by atomic mass is 9.95. The first-order valence-electron chi connectivity index (χ1n) is 5.18. The molecule has 1 saturated carbocycles. The van der Waals surface area contributed by atoms with Crippen LogP contribution < -0.4 is 0 Å². The van der Waals surface area contributed by atoms with Crippen LogP contribution >= 0.6 is 0 Å². The first-order chi connectivity index (χ1) is 6.58. The first-order valence-corrected chi connectivity index (χ1v) is 5.18. The zero-order chi connectivity index (χ0) is 10.2. The maximum atomic E-state index is 13.2. The molecule has 78 valence electrons. The number of hydrogen-bond donors (Lipinski definition) is 0. The Balaban J connectivity index is 1.98. The number of rotatable bonds is 2. The molecular weight excluding hydrogens is 186 g/mol. The highest BCUT2D eigenvalue weighted by atomic mass is 19.3.